The standard InChI is InChI=1S/C21H20FN3O2/c1-27-19-12-7-15(13-23-19)14-24-20(16-5-3-2-4-6-16)21(26)25-18-10-8-17(22)9-11-18/h2-13,20,24H,14H2,1H3,(H,25,26)/t20-/m1/s1. The van der Waals surface area contributed by atoms with Crippen LogP contribution in [0.2, 0.25) is 0 Å². The van der Waals surface area contributed by atoms with Crippen LogP contribution in [0.15, 0.2) is 72.9 Å². The van der Waals surface area contributed by atoms with Crippen molar-refractivity contribution >= 4 is 11.6 Å². The lowest BCUT2D eigenvalue weighted by molar-refractivity contribution is -0.118. The average molecular weight is 365 g/mol. The highest BCUT2D eigenvalue weighted by Crippen LogP contribution is 2.17. The molecule has 1 atom stereocenters. The van der Waals surface area contributed by atoms with Crippen LogP contribution in [0, 0.1) is 5.82 Å². The van der Waals surface area contributed by atoms with Crippen LogP contribution in [0.1, 0.15) is 17.2 Å². The number of benzene rings is 2. The second kappa shape index (κ2) is 8.91. The van der Waals surface area contributed by atoms with Crippen molar-refractivity contribution in [1.29, 1.82) is 0 Å². The van der Waals surface area contributed by atoms with E-state index in [9.17, 15) is 9.18 Å². The lowest BCUT2D eigenvalue weighted by atomic mass is 10.1. The molecule has 0 aliphatic rings. The Bertz CT molecular complexity index is 868. The molecule has 3 aromatic rings. The molecule has 1 heterocycles. The minimum atomic E-state index is -0.571. The van der Waals surface area contributed by atoms with Crippen LogP contribution < -0.4 is 15.4 Å². The predicted octanol–water partition coefficient (Wildman–Crippen LogP) is 3.70. The third-order valence-electron chi connectivity index (χ3n) is 4.02. The van der Waals surface area contributed by atoms with Crippen molar-refractivity contribution in [2.45, 2.75) is 12.6 Å². The van der Waals surface area contributed by atoms with Crippen molar-refractivity contribution in [1.82, 2.24) is 10.3 Å². The van der Waals surface area contributed by atoms with Crippen molar-refractivity contribution in [2.24, 2.45) is 0 Å². The largest absolute Gasteiger partial charge is 0.481 e. The number of carbonyl (C=O) groups is 1. The predicted molar refractivity (Wildman–Crippen MR) is 102 cm³/mol. The number of aromatic nitrogens is 1. The molecule has 1 aromatic heterocycles. The van der Waals surface area contributed by atoms with Crippen molar-refractivity contribution in [3.8, 4) is 5.88 Å². The van der Waals surface area contributed by atoms with Gasteiger partial charge in [-0.2, -0.15) is 0 Å². The highest BCUT2D eigenvalue weighted by atomic mass is 19.1. The Labute approximate surface area is 157 Å². The number of nitrogens with one attached hydrogen (secondary N) is 2. The molecule has 5 nitrogen and oxygen atoms in total. The highest BCUT2D eigenvalue weighted by molar-refractivity contribution is 5.95. The summed E-state index contributed by atoms with van der Waals surface area (Å²) in [7, 11) is 1.56. The molecule has 0 saturated heterocycles. The molecule has 0 saturated carbocycles. The van der Waals surface area contributed by atoms with Crippen LogP contribution in [0.25, 0.3) is 0 Å². The zero-order valence-corrected chi connectivity index (χ0v) is 14.9. The molecule has 138 valence electrons. The Morgan fingerprint density at radius 2 is 1.81 bits per heavy atom. The van der Waals surface area contributed by atoms with Crippen molar-refractivity contribution in [2.75, 3.05) is 12.4 Å². The fraction of sp³-hybridized carbons (Fsp3) is 0.143. The molecule has 27 heavy (non-hydrogen) atoms. The zero-order valence-electron chi connectivity index (χ0n) is 14.9. The number of anilines is 1. The first-order valence-corrected chi connectivity index (χ1v) is 8.49. The maximum Gasteiger partial charge on any atom is 0.246 e. The number of halogens is 1. The van der Waals surface area contributed by atoms with E-state index in [1.54, 1.807) is 19.4 Å². The van der Waals surface area contributed by atoms with Crippen LogP contribution in [0.5, 0.6) is 5.88 Å². The molecule has 1 amide bonds. The van der Waals surface area contributed by atoms with Crippen LogP contribution >= 0.6 is 0 Å². The lowest BCUT2D eigenvalue weighted by Gasteiger charge is -2.19. The summed E-state index contributed by atoms with van der Waals surface area (Å²) in [6, 6.07) is 18.2. The van der Waals surface area contributed by atoms with Gasteiger partial charge >= 0.3 is 0 Å². The summed E-state index contributed by atoms with van der Waals surface area (Å²) in [5, 5.41) is 6.07. The van der Waals surface area contributed by atoms with Gasteiger partial charge in [0.1, 0.15) is 11.9 Å². The Morgan fingerprint density at radius 1 is 1.07 bits per heavy atom. The zero-order chi connectivity index (χ0) is 19.1. The number of amides is 1. The summed E-state index contributed by atoms with van der Waals surface area (Å²) >= 11 is 0. The average Bonchev–Trinajstić information content (AvgIpc) is 2.71. The summed E-state index contributed by atoms with van der Waals surface area (Å²) in [5.74, 6) is -0.0422. The van der Waals surface area contributed by atoms with E-state index in [2.05, 4.69) is 15.6 Å². The molecule has 6 heteroatoms. The van der Waals surface area contributed by atoms with E-state index in [1.807, 2.05) is 36.4 Å². The van der Waals surface area contributed by atoms with Crippen molar-refractivity contribution < 1.29 is 13.9 Å². The summed E-state index contributed by atoms with van der Waals surface area (Å²) in [6.07, 6.45) is 1.70. The van der Waals surface area contributed by atoms with E-state index in [1.165, 1.54) is 24.3 Å². The SMILES string of the molecule is COc1ccc(CN[C@@H](C(=O)Nc2ccc(F)cc2)c2ccccc2)cn1. The number of hydrogen-bond donors (Lipinski definition) is 2. The summed E-state index contributed by atoms with van der Waals surface area (Å²) in [6.45, 7) is 0.452. The van der Waals surface area contributed by atoms with E-state index < -0.39 is 6.04 Å². The van der Waals surface area contributed by atoms with Gasteiger partial charge in [-0.3, -0.25) is 10.1 Å². The summed E-state index contributed by atoms with van der Waals surface area (Å²) in [5.41, 5.74) is 2.29. The molecule has 0 aliphatic heterocycles. The van der Waals surface area contributed by atoms with E-state index in [0.717, 1.165) is 11.1 Å². The van der Waals surface area contributed by atoms with Crippen LogP contribution in [0.3, 0.4) is 0 Å². The monoisotopic (exact) mass is 365 g/mol. The van der Waals surface area contributed by atoms with Crippen LogP contribution in [0.4, 0.5) is 10.1 Å². The fourth-order valence-electron chi connectivity index (χ4n) is 2.61. The number of rotatable bonds is 7. The van der Waals surface area contributed by atoms with Crippen molar-refractivity contribution in [3.05, 3.63) is 89.9 Å². The van der Waals surface area contributed by atoms with Gasteiger partial charge in [-0.05, 0) is 35.4 Å². The summed E-state index contributed by atoms with van der Waals surface area (Å²) < 4.78 is 18.1. The Balaban J connectivity index is 1.74. The second-order valence-electron chi connectivity index (χ2n) is 5.93. The third kappa shape index (κ3) is 5.12. The van der Waals surface area contributed by atoms with E-state index >= 15 is 0 Å². The van der Waals surface area contributed by atoms with Gasteiger partial charge in [0, 0.05) is 24.5 Å². The Kier molecular flexibility index (Phi) is 6.12. The highest BCUT2D eigenvalue weighted by Gasteiger charge is 2.20. The second-order valence-corrected chi connectivity index (χ2v) is 5.93. The van der Waals surface area contributed by atoms with Crippen molar-refractivity contribution in [3.63, 3.8) is 0 Å². The maximum atomic E-state index is 13.1. The number of methoxy groups -OCH3 is 1. The van der Waals surface area contributed by atoms with Gasteiger partial charge in [0.2, 0.25) is 11.8 Å². The maximum absolute atomic E-state index is 13.1. The molecular weight excluding hydrogens is 345 g/mol. The number of carbonyl (C=O) groups excluding carboxylic acids is 1. The topological polar surface area (TPSA) is 63.2 Å². The van der Waals surface area contributed by atoms with E-state index in [4.69, 9.17) is 4.74 Å². The molecule has 2 N–H and O–H groups in total. The van der Waals surface area contributed by atoms with Gasteiger partial charge < -0.3 is 10.1 Å². The minimum absolute atomic E-state index is 0.228. The Hall–Kier alpha value is -3.25. The molecule has 0 aliphatic carbocycles. The third-order valence-corrected chi connectivity index (χ3v) is 4.02. The number of nitrogens with zero attached hydrogens (tertiary/aromatic N) is 1. The normalized spacial score (nSPS) is 11.6. The summed E-state index contributed by atoms with van der Waals surface area (Å²) in [4.78, 5) is 17.0. The first-order valence-electron chi connectivity index (χ1n) is 8.49. The first kappa shape index (κ1) is 18.5. The molecule has 0 unspecified atom stereocenters. The van der Waals surface area contributed by atoms with Gasteiger partial charge in [-0.25, -0.2) is 9.37 Å². The lowest BCUT2D eigenvalue weighted by Crippen LogP contribution is -2.32. The Morgan fingerprint density at radius 3 is 2.44 bits per heavy atom. The fourth-order valence-corrected chi connectivity index (χ4v) is 2.61. The number of hydrogen-bond acceptors (Lipinski definition) is 4. The van der Waals surface area contributed by atoms with E-state index in [0.29, 0.717) is 18.1 Å². The molecular formula is C21H20FN3O2. The quantitative estimate of drug-likeness (QED) is 0.670. The van der Waals surface area contributed by atoms with Gasteiger partial charge in [0.15, 0.2) is 0 Å². The smallest absolute Gasteiger partial charge is 0.246 e. The molecule has 0 radical (unpaired) electrons. The number of pyridine rings is 1. The molecule has 0 spiro atoms. The minimum Gasteiger partial charge on any atom is -0.481 e. The van der Waals surface area contributed by atoms with Crippen LogP contribution in [-0.2, 0) is 11.3 Å². The van der Waals surface area contributed by atoms with E-state index in [-0.39, 0.29) is 11.7 Å². The molecule has 0 fully saturated rings. The van der Waals surface area contributed by atoms with Gasteiger partial charge in [0.25, 0.3) is 0 Å². The molecule has 3 rings (SSSR count). The number of ether oxygens (including phenoxy) is 1. The van der Waals surface area contributed by atoms with Gasteiger partial charge in [-0.1, -0.05) is 36.4 Å². The van der Waals surface area contributed by atoms with Gasteiger partial charge in [-0.15, -0.1) is 0 Å². The molecule has 2 aromatic carbocycles. The van der Waals surface area contributed by atoms with Gasteiger partial charge in [0.05, 0.1) is 7.11 Å². The first-order chi connectivity index (χ1) is 13.2. The molecule has 0 bridgehead atoms. The van der Waals surface area contributed by atoms with Crippen LogP contribution in [-0.4, -0.2) is 18.0 Å².